The SMILES string of the molecule is O=[N+]([O-])c1cc(Cl)c(Cc2ccc3ccccc3n2)c(Cl)c1. The van der Waals surface area contributed by atoms with E-state index >= 15 is 0 Å². The summed E-state index contributed by atoms with van der Waals surface area (Å²) < 4.78 is 0. The Morgan fingerprint density at radius 2 is 1.73 bits per heavy atom. The highest BCUT2D eigenvalue weighted by Gasteiger charge is 2.15. The molecule has 6 heteroatoms. The number of hydrogen-bond acceptors (Lipinski definition) is 3. The molecule has 4 nitrogen and oxygen atoms in total. The van der Waals surface area contributed by atoms with Gasteiger partial charge in [-0.1, -0.05) is 47.5 Å². The summed E-state index contributed by atoms with van der Waals surface area (Å²) in [5.41, 5.74) is 2.20. The first-order valence-electron chi connectivity index (χ1n) is 6.51. The van der Waals surface area contributed by atoms with Gasteiger partial charge in [0.25, 0.3) is 5.69 Å². The van der Waals surface area contributed by atoms with Crippen LogP contribution in [0.3, 0.4) is 0 Å². The number of benzene rings is 2. The normalized spacial score (nSPS) is 10.8. The van der Waals surface area contributed by atoms with Gasteiger partial charge in [0.2, 0.25) is 0 Å². The van der Waals surface area contributed by atoms with E-state index in [4.69, 9.17) is 23.2 Å². The predicted octanol–water partition coefficient (Wildman–Crippen LogP) is 5.04. The third-order valence-electron chi connectivity index (χ3n) is 3.35. The summed E-state index contributed by atoms with van der Waals surface area (Å²) in [6.07, 6.45) is 0.417. The smallest absolute Gasteiger partial charge is 0.258 e. The number of hydrogen-bond donors (Lipinski definition) is 0. The Labute approximate surface area is 136 Å². The molecule has 22 heavy (non-hydrogen) atoms. The minimum absolute atomic E-state index is 0.120. The fraction of sp³-hybridized carbons (Fsp3) is 0.0625. The molecule has 0 unspecified atom stereocenters. The Morgan fingerprint density at radius 1 is 1.05 bits per heavy atom. The monoisotopic (exact) mass is 332 g/mol. The lowest BCUT2D eigenvalue weighted by Gasteiger charge is -2.08. The van der Waals surface area contributed by atoms with Crippen molar-refractivity contribution in [1.82, 2.24) is 4.98 Å². The van der Waals surface area contributed by atoms with Crippen molar-refractivity contribution in [3.05, 3.63) is 79.9 Å². The molecule has 0 saturated carbocycles. The van der Waals surface area contributed by atoms with Crippen molar-refractivity contribution in [2.75, 3.05) is 0 Å². The molecule has 0 N–H and O–H groups in total. The maximum absolute atomic E-state index is 10.8. The van der Waals surface area contributed by atoms with Crippen LogP contribution in [0.2, 0.25) is 10.0 Å². The molecule has 1 aromatic heterocycles. The van der Waals surface area contributed by atoms with Crippen LogP contribution in [-0.2, 0) is 6.42 Å². The van der Waals surface area contributed by atoms with Gasteiger partial charge in [0, 0.05) is 29.6 Å². The highest BCUT2D eigenvalue weighted by Crippen LogP contribution is 2.31. The van der Waals surface area contributed by atoms with E-state index in [1.54, 1.807) is 0 Å². The summed E-state index contributed by atoms with van der Waals surface area (Å²) in [5, 5.41) is 12.4. The van der Waals surface area contributed by atoms with Crippen LogP contribution in [0.25, 0.3) is 10.9 Å². The first kappa shape index (κ1) is 14.8. The molecular formula is C16H10Cl2N2O2. The second-order valence-electron chi connectivity index (χ2n) is 4.82. The lowest BCUT2D eigenvalue weighted by atomic mass is 10.1. The van der Waals surface area contributed by atoms with E-state index < -0.39 is 4.92 Å². The Bertz CT molecular complexity index is 858. The maximum Gasteiger partial charge on any atom is 0.272 e. The van der Waals surface area contributed by atoms with Crippen LogP contribution < -0.4 is 0 Å². The minimum Gasteiger partial charge on any atom is -0.258 e. The highest BCUT2D eigenvalue weighted by molar-refractivity contribution is 6.36. The molecule has 1 heterocycles. The molecule has 3 aromatic rings. The highest BCUT2D eigenvalue weighted by atomic mass is 35.5. The molecule has 0 saturated heterocycles. The molecule has 2 aromatic carbocycles. The molecule has 110 valence electrons. The number of nitrogens with zero attached hydrogens (tertiary/aromatic N) is 2. The lowest BCUT2D eigenvalue weighted by molar-refractivity contribution is -0.384. The number of nitro benzene ring substituents is 1. The van der Waals surface area contributed by atoms with Gasteiger partial charge < -0.3 is 0 Å². The van der Waals surface area contributed by atoms with Crippen molar-refractivity contribution < 1.29 is 4.92 Å². The topological polar surface area (TPSA) is 56.0 Å². The summed E-state index contributed by atoms with van der Waals surface area (Å²) in [6, 6.07) is 14.3. The van der Waals surface area contributed by atoms with Crippen LogP contribution in [-0.4, -0.2) is 9.91 Å². The number of fused-ring (bicyclic) bond motifs is 1. The second-order valence-corrected chi connectivity index (χ2v) is 5.63. The molecule has 0 fully saturated rings. The standard InChI is InChI=1S/C16H10Cl2N2O2/c17-14-8-12(20(21)22)9-15(18)13(14)7-11-6-5-10-3-1-2-4-16(10)19-11/h1-6,8-9H,7H2. The molecule has 0 radical (unpaired) electrons. The van der Waals surface area contributed by atoms with Crippen molar-refractivity contribution in [2.45, 2.75) is 6.42 Å². The molecule has 3 rings (SSSR count). The van der Waals surface area contributed by atoms with Gasteiger partial charge in [0.15, 0.2) is 0 Å². The number of pyridine rings is 1. The molecule has 0 aliphatic heterocycles. The van der Waals surface area contributed by atoms with Crippen LogP contribution in [0, 0.1) is 10.1 Å². The van der Waals surface area contributed by atoms with Crippen LogP contribution in [0.1, 0.15) is 11.3 Å². The second kappa shape index (κ2) is 5.91. The maximum atomic E-state index is 10.8. The van der Waals surface area contributed by atoms with Crippen LogP contribution in [0.4, 0.5) is 5.69 Å². The molecule has 0 amide bonds. The van der Waals surface area contributed by atoms with E-state index in [0.29, 0.717) is 12.0 Å². The summed E-state index contributed by atoms with van der Waals surface area (Å²) in [7, 11) is 0. The minimum atomic E-state index is -0.518. The summed E-state index contributed by atoms with van der Waals surface area (Å²) >= 11 is 12.3. The Morgan fingerprint density at radius 3 is 2.41 bits per heavy atom. The van der Waals surface area contributed by atoms with E-state index in [1.807, 2.05) is 36.4 Å². The largest absolute Gasteiger partial charge is 0.272 e. The number of non-ortho nitro benzene ring substituents is 1. The van der Waals surface area contributed by atoms with E-state index in [-0.39, 0.29) is 15.7 Å². The third-order valence-corrected chi connectivity index (χ3v) is 4.03. The van der Waals surface area contributed by atoms with Crippen LogP contribution in [0.15, 0.2) is 48.5 Å². The Balaban J connectivity index is 1.99. The third kappa shape index (κ3) is 2.89. The van der Waals surface area contributed by atoms with Gasteiger partial charge in [0.1, 0.15) is 0 Å². The zero-order valence-corrected chi connectivity index (χ0v) is 12.8. The van der Waals surface area contributed by atoms with Crippen molar-refractivity contribution in [1.29, 1.82) is 0 Å². The number of nitro groups is 1. The molecular weight excluding hydrogens is 323 g/mol. The predicted molar refractivity (Wildman–Crippen MR) is 87.7 cm³/mol. The lowest BCUT2D eigenvalue weighted by Crippen LogP contribution is -1.97. The van der Waals surface area contributed by atoms with Crippen molar-refractivity contribution in [3.63, 3.8) is 0 Å². The Kier molecular flexibility index (Phi) is 3.96. The number of aromatic nitrogens is 1. The van der Waals surface area contributed by atoms with E-state index in [2.05, 4.69) is 4.98 Å². The zero-order chi connectivity index (χ0) is 15.7. The van der Waals surface area contributed by atoms with Gasteiger partial charge in [-0.25, -0.2) is 0 Å². The van der Waals surface area contributed by atoms with Crippen LogP contribution in [0.5, 0.6) is 0 Å². The average molecular weight is 333 g/mol. The van der Waals surface area contributed by atoms with Gasteiger partial charge in [-0.2, -0.15) is 0 Å². The van der Waals surface area contributed by atoms with Crippen molar-refractivity contribution in [3.8, 4) is 0 Å². The summed E-state index contributed by atoms with van der Waals surface area (Å²) in [6.45, 7) is 0. The van der Waals surface area contributed by atoms with Gasteiger partial charge in [-0.15, -0.1) is 0 Å². The molecule has 0 bridgehead atoms. The fourth-order valence-corrected chi connectivity index (χ4v) is 2.86. The van der Waals surface area contributed by atoms with Crippen molar-refractivity contribution >= 4 is 39.8 Å². The van der Waals surface area contributed by atoms with Crippen LogP contribution >= 0.6 is 23.2 Å². The molecule has 0 atom stereocenters. The molecule has 0 aliphatic carbocycles. The number of halogens is 2. The summed E-state index contributed by atoms with van der Waals surface area (Å²) in [5.74, 6) is 0. The number of rotatable bonds is 3. The number of para-hydroxylation sites is 1. The van der Waals surface area contributed by atoms with Crippen molar-refractivity contribution in [2.24, 2.45) is 0 Å². The first-order chi connectivity index (χ1) is 10.5. The first-order valence-corrected chi connectivity index (χ1v) is 7.27. The average Bonchev–Trinajstić information content (AvgIpc) is 2.50. The van der Waals surface area contributed by atoms with Gasteiger partial charge >= 0.3 is 0 Å². The summed E-state index contributed by atoms with van der Waals surface area (Å²) in [4.78, 5) is 14.8. The molecule has 0 spiro atoms. The molecule has 0 aliphatic rings. The Hall–Kier alpha value is -2.17. The van der Waals surface area contributed by atoms with E-state index in [1.165, 1.54) is 12.1 Å². The van der Waals surface area contributed by atoms with Gasteiger partial charge in [-0.3, -0.25) is 15.1 Å². The van der Waals surface area contributed by atoms with Gasteiger partial charge in [0.05, 0.1) is 20.5 Å². The van der Waals surface area contributed by atoms with E-state index in [9.17, 15) is 10.1 Å². The van der Waals surface area contributed by atoms with Gasteiger partial charge in [-0.05, 0) is 17.7 Å². The fourth-order valence-electron chi connectivity index (χ4n) is 2.25. The van der Waals surface area contributed by atoms with E-state index in [0.717, 1.165) is 16.6 Å². The quantitative estimate of drug-likeness (QED) is 0.498. The zero-order valence-electron chi connectivity index (χ0n) is 11.3.